The Morgan fingerprint density at radius 1 is 1.27 bits per heavy atom. The summed E-state index contributed by atoms with van der Waals surface area (Å²) in [6, 6.07) is 10.0. The molecule has 0 aliphatic carbocycles. The molecule has 0 radical (unpaired) electrons. The van der Waals surface area contributed by atoms with E-state index in [2.05, 4.69) is 15.5 Å². The van der Waals surface area contributed by atoms with E-state index >= 15 is 0 Å². The zero-order valence-electron chi connectivity index (χ0n) is 13.5. The lowest BCUT2D eigenvalue weighted by molar-refractivity contribution is -0.00212. The highest BCUT2D eigenvalue weighted by molar-refractivity contribution is 5.22. The van der Waals surface area contributed by atoms with Gasteiger partial charge in [0.05, 0.1) is 24.5 Å². The maximum Gasteiger partial charge on any atom is 0.0898 e. The van der Waals surface area contributed by atoms with Crippen LogP contribution in [0.5, 0.6) is 0 Å². The van der Waals surface area contributed by atoms with Crippen LogP contribution in [0.3, 0.4) is 0 Å². The van der Waals surface area contributed by atoms with Gasteiger partial charge in [-0.25, -0.2) is 0 Å². The van der Waals surface area contributed by atoms with E-state index in [0.29, 0.717) is 19.7 Å². The average Bonchev–Trinajstić information content (AvgIpc) is 2.85. The van der Waals surface area contributed by atoms with Crippen molar-refractivity contribution in [2.75, 3.05) is 13.2 Å². The Labute approximate surface area is 131 Å². The molecule has 0 saturated heterocycles. The molecule has 2 aromatic rings. The van der Waals surface area contributed by atoms with Gasteiger partial charge in [-0.05, 0) is 26.3 Å². The number of hydrogen-bond donors (Lipinski definition) is 3. The number of aryl methyl sites for hydroxylation is 2. The molecule has 22 heavy (non-hydrogen) atoms. The summed E-state index contributed by atoms with van der Waals surface area (Å²) in [5, 5.41) is 20.4. The normalized spacial score (nSPS) is 14.0. The van der Waals surface area contributed by atoms with Gasteiger partial charge in [-0.2, -0.15) is 5.10 Å². The third-order valence-electron chi connectivity index (χ3n) is 3.77. The Bertz CT molecular complexity index is 549. The molecule has 0 spiro atoms. The molecular formula is C17H25N3O2. The van der Waals surface area contributed by atoms with Gasteiger partial charge in [0.25, 0.3) is 0 Å². The highest BCUT2D eigenvalue weighted by atomic mass is 16.5. The highest BCUT2D eigenvalue weighted by Crippen LogP contribution is 2.15. The number of nitrogens with one attached hydrogen (secondary N) is 2. The summed E-state index contributed by atoms with van der Waals surface area (Å²) in [7, 11) is 0. The van der Waals surface area contributed by atoms with Gasteiger partial charge in [-0.3, -0.25) is 5.10 Å². The van der Waals surface area contributed by atoms with Crippen LogP contribution in [-0.2, 0) is 11.3 Å². The summed E-state index contributed by atoms with van der Waals surface area (Å²) >= 11 is 0. The lowest BCUT2D eigenvalue weighted by Crippen LogP contribution is -2.30. The lowest BCUT2D eigenvalue weighted by atomic mass is 10.1. The van der Waals surface area contributed by atoms with Gasteiger partial charge in [0.1, 0.15) is 0 Å². The Morgan fingerprint density at radius 3 is 2.64 bits per heavy atom. The van der Waals surface area contributed by atoms with E-state index in [1.807, 2.05) is 51.1 Å². The first kappa shape index (κ1) is 16.7. The van der Waals surface area contributed by atoms with Crippen LogP contribution in [0.25, 0.3) is 0 Å². The number of ether oxygens (including phenoxy) is 1. The number of aromatic amines is 1. The standard InChI is InChI=1S/C17H25N3O2/c1-12-17(13(2)20-19-12)10-18-9-16(21)11-22-14(3)15-7-5-4-6-8-15/h4-8,14,16,18,21H,9-11H2,1-3H3,(H,19,20)/t14-,16+/m1/s1. The van der Waals surface area contributed by atoms with Gasteiger partial charge in [-0.15, -0.1) is 0 Å². The zero-order chi connectivity index (χ0) is 15.9. The van der Waals surface area contributed by atoms with Crippen LogP contribution in [0.1, 0.15) is 35.5 Å². The van der Waals surface area contributed by atoms with Crippen molar-refractivity contribution in [1.29, 1.82) is 0 Å². The van der Waals surface area contributed by atoms with Crippen molar-refractivity contribution in [1.82, 2.24) is 15.5 Å². The largest absolute Gasteiger partial charge is 0.389 e. The summed E-state index contributed by atoms with van der Waals surface area (Å²) in [6.45, 7) is 7.46. The van der Waals surface area contributed by atoms with Crippen LogP contribution >= 0.6 is 0 Å². The molecule has 2 atom stereocenters. The number of nitrogens with zero attached hydrogens (tertiary/aromatic N) is 1. The zero-order valence-corrected chi connectivity index (χ0v) is 13.5. The molecule has 1 aromatic carbocycles. The molecule has 0 aliphatic rings. The van der Waals surface area contributed by atoms with Crippen molar-refractivity contribution >= 4 is 0 Å². The smallest absolute Gasteiger partial charge is 0.0898 e. The first-order valence-corrected chi connectivity index (χ1v) is 7.63. The molecule has 0 amide bonds. The molecule has 1 aromatic heterocycles. The van der Waals surface area contributed by atoms with Gasteiger partial charge < -0.3 is 15.2 Å². The maximum atomic E-state index is 10.0. The second-order valence-corrected chi connectivity index (χ2v) is 5.58. The monoisotopic (exact) mass is 303 g/mol. The van der Waals surface area contributed by atoms with Crippen molar-refractivity contribution in [3.8, 4) is 0 Å². The lowest BCUT2D eigenvalue weighted by Gasteiger charge is -2.17. The molecule has 0 aliphatic heterocycles. The Morgan fingerprint density at radius 2 is 2.00 bits per heavy atom. The van der Waals surface area contributed by atoms with Crippen LogP contribution in [0.2, 0.25) is 0 Å². The van der Waals surface area contributed by atoms with Crippen LogP contribution in [0.15, 0.2) is 30.3 Å². The summed E-state index contributed by atoms with van der Waals surface area (Å²) in [4.78, 5) is 0. The van der Waals surface area contributed by atoms with E-state index < -0.39 is 6.10 Å². The quantitative estimate of drug-likeness (QED) is 0.699. The SMILES string of the molecule is Cc1n[nH]c(C)c1CNC[C@H](O)CO[C@H](C)c1ccccc1. The Hall–Kier alpha value is -1.69. The van der Waals surface area contributed by atoms with Gasteiger partial charge >= 0.3 is 0 Å². The number of hydrogen-bond acceptors (Lipinski definition) is 4. The summed E-state index contributed by atoms with van der Waals surface area (Å²) in [5.74, 6) is 0. The third-order valence-corrected chi connectivity index (χ3v) is 3.77. The van der Waals surface area contributed by atoms with Crippen LogP contribution < -0.4 is 5.32 Å². The van der Waals surface area contributed by atoms with Crippen LogP contribution in [0.4, 0.5) is 0 Å². The molecule has 5 heteroatoms. The number of rotatable bonds is 8. The van der Waals surface area contributed by atoms with Crippen molar-refractivity contribution < 1.29 is 9.84 Å². The number of aliphatic hydroxyl groups excluding tert-OH is 1. The fourth-order valence-electron chi connectivity index (χ4n) is 2.33. The van der Waals surface area contributed by atoms with Gasteiger partial charge in [0.15, 0.2) is 0 Å². The van der Waals surface area contributed by atoms with Gasteiger partial charge in [0.2, 0.25) is 0 Å². The Balaban J connectivity index is 1.69. The average molecular weight is 303 g/mol. The summed E-state index contributed by atoms with van der Waals surface area (Å²) < 4.78 is 5.72. The number of aromatic nitrogens is 2. The van der Waals surface area contributed by atoms with E-state index in [-0.39, 0.29) is 6.10 Å². The van der Waals surface area contributed by atoms with Crippen molar-refractivity contribution in [3.63, 3.8) is 0 Å². The predicted molar refractivity (Wildman–Crippen MR) is 86.6 cm³/mol. The molecule has 0 saturated carbocycles. The molecule has 2 rings (SSSR count). The van der Waals surface area contributed by atoms with Gasteiger partial charge in [-0.1, -0.05) is 30.3 Å². The second kappa shape index (κ2) is 8.08. The minimum Gasteiger partial charge on any atom is -0.389 e. The fraction of sp³-hybridized carbons (Fsp3) is 0.471. The number of benzene rings is 1. The molecule has 0 bridgehead atoms. The number of H-pyrrole nitrogens is 1. The first-order chi connectivity index (χ1) is 10.6. The molecule has 3 N–H and O–H groups in total. The molecule has 0 fully saturated rings. The molecule has 0 unspecified atom stereocenters. The minimum absolute atomic E-state index is 0.0192. The second-order valence-electron chi connectivity index (χ2n) is 5.58. The van der Waals surface area contributed by atoms with E-state index in [1.54, 1.807) is 0 Å². The predicted octanol–water partition coefficient (Wildman–Crippen LogP) is 2.25. The first-order valence-electron chi connectivity index (χ1n) is 7.63. The summed E-state index contributed by atoms with van der Waals surface area (Å²) in [6.07, 6.45) is -0.548. The molecule has 120 valence electrons. The fourth-order valence-corrected chi connectivity index (χ4v) is 2.33. The molecule has 5 nitrogen and oxygen atoms in total. The van der Waals surface area contributed by atoms with Crippen molar-refractivity contribution in [3.05, 3.63) is 52.8 Å². The number of aliphatic hydroxyl groups is 1. The highest BCUT2D eigenvalue weighted by Gasteiger charge is 2.11. The van der Waals surface area contributed by atoms with E-state index in [9.17, 15) is 5.11 Å². The molecule has 1 heterocycles. The van der Waals surface area contributed by atoms with Crippen molar-refractivity contribution in [2.24, 2.45) is 0 Å². The maximum absolute atomic E-state index is 10.0. The van der Waals surface area contributed by atoms with E-state index in [4.69, 9.17) is 4.74 Å². The van der Waals surface area contributed by atoms with E-state index in [1.165, 1.54) is 0 Å². The Kier molecular flexibility index (Phi) is 6.12. The summed E-state index contributed by atoms with van der Waals surface area (Å²) in [5.41, 5.74) is 4.33. The van der Waals surface area contributed by atoms with Crippen LogP contribution in [0, 0.1) is 13.8 Å². The topological polar surface area (TPSA) is 70.2 Å². The third kappa shape index (κ3) is 4.66. The minimum atomic E-state index is -0.529. The van der Waals surface area contributed by atoms with Crippen molar-refractivity contribution in [2.45, 2.75) is 39.5 Å². The van der Waals surface area contributed by atoms with Crippen LogP contribution in [-0.4, -0.2) is 34.6 Å². The van der Waals surface area contributed by atoms with Gasteiger partial charge in [0, 0.05) is 24.3 Å². The van der Waals surface area contributed by atoms with E-state index in [0.717, 1.165) is 22.5 Å². The molecular weight excluding hydrogens is 278 g/mol.